The molecule has 2 rings (SSSR count). The highest BCUT2D eigenvalue weighted by Gasteiger charge is 2.33. The zero-order valence-corrected chi connectivity index (χ0v) is 12.0. The van der Waals surface area contributed by atoms with Crippen molar-refractivity contribution in [3.63, 3.8) is 0 Å². The highest BCUT2D eigenvalue weighted by Crippen LogP contribution is 2.32. The average Bonchev–Trinajstić information content (AvgIpc) is 3.07. The van der Waals surface area contributed by atoms with Gasteiger partial charge in [0.2, 0.25) is 0 Å². The van der Waals surface area contributed by atoms with Crippen LogP contribution in [0.25, 0.3) is 0 Å². The molecule has 5 heteroatoms. The Morgan fingerprint density at radius 3 is 2.88 bits per heavy atom. The lowest BCUT2D eigenvalue weighted by Crippen LogP contribution is -2.33. The molecule has 0 radical (unpaired) electrons. The first-order valence-corrected chi connectivity index (χ1v) is 7.18. The third kappa shape index (κ3) is 2.88. The molecular formula is C12H13BrN2OS. The van der Waals surface area contributed by atoms with E-state index in [1.807, 2.05) is 17.9 Å². The molecule has 0 aliphatic heterocycles. The first-order valence-electron chi connectivity index (χ1n) is 5.57. The Balaban J connectivity index is 2.13. The van der Waals surface area contributed by atoms with Gasteiger partial charge in [0.05, 0.1) is 21.2 Å². The van der Waals surface area contributed by atoms with Crippen LogP contribution in [0.15, 0.2) is 9.85 Å². The number of nitriles is 1. The fourth-order valence-electron chi connectivity index (χ4n) is 1.71. The fourth-order valence-corrected chi connectivity index (χ4v) is 3.20. The van der Waals surface area contributed by atoms with Gasteiger partial charge in [0.25, 0.3) is 5.91 Å². The Labute approximate surface area is 113 Å². The number of aryl methyl sites for hydroxylation is 1. The minimum absolute atomic E-state index is 0.0709. The molecule has 1 aromatic heterocycles. The molecule has 90 valence electrons. The predicted molar refractivity (Wildman–Crippen MR) is 71.0 cm³/mol. The summed E-state index contributed by atoms with van der Waals surface area (Å²) in [7, 11) is 0. The highest BCUT2D eigenvalue weighted by atomic mass is 79.9. The molecule has 0 aromatic carbocycles. The van der Waals surface area contributed by atoms with Crippen molar-refractivity contribution in [3.05, 3.63) is 20.3 Å². The van der Waals surface area contributed by atoms with Crippen LogP contribution in [0.4, 0.5) is 0 Å². The highest BCUT2D eigenvalue weighted by molar-refractivity contribution is 9.11. The molecule has 0 saturated heterocycles. The number of carbonyl (C=O) groups excluding carboxylic acids is 1. The summed E-state index contributed by atoms with van der Waals surface area (Å²) in [6, 6.07) is 4.38. The van der Waals surface area contributed by atoms with Gasteiger partial charge in [-0.25, -0.2) is 0 Å². The van der Waals surface area contributed by atoms with Gasteiger partial charge in [-0.1, -0.05) is 0 Å². The zero-order valence-electron chi connectivity index (χ0n) is 9.57. The van der Waals surface area contributed by atoms with Gasteiger partial charge in [0, 0.05) is 12.6 Å². The quantitative estimate of drug-likeness (QED) is 0.856. The third-order valence-corrected chi connectivity index (χ3v) is 4.91. The van der Waals surface area contributed by atoms with Crippen molar-refractivity contribution >= 4 is 33.2 Å². The van der Waals surface area contributed by atoms with Gasteiger partial charge < -0.3 is 4.90 Å². The number of carbonyl (C=O) groups is 1. The molecule has 1 aromatic rings. The molecule has 3 nitrogen and oxygen atoms in total. The van der Waals surface area contributed by atoms with E-state index in [1.54, 1.807) is 0 Å². The lowest BCUT2D eigenvalue weighted by atomic mass is 10.3. The van der Waals surface area contributed by atoms with Crippen LogP contribution in [0, 0.1) is 18.3 Å². The molecule has 1 aliphatic carbocycles. The zero-order chi connectivity index (χ0) is 12.4. The van der Waals surface area contributed by atoms with E-state index in [2.05, 4.69) is 22.0 Å². The predicted octanol–water partition coefficient (Wildman–Crippen LogP) is 3.34. The van der Waals surface area contributed by atoms with Crippen LogP contribution in [0.5, 0.6) is 0 Å². The summed E-state index contributed by atoms with van der Waals surface area (Å²) >= 11 is 4.91. The average molecular weight is 313 g/mol. The van der Waals surface area contributed by atoms with E-state index in [4.69, 9.17) is 5.26 Å². The third-order valence-electron chi connectivity index (χ3n) is 2.78. The normalized spacial score (nSPS) is 14.4. The number of nitrogens with zero attached hydrogens (tertiary/aromatic N) is 2. The van der Waals surface area contributed by atoms with Crippen molar-refractivity contribution in [2.45, 2.75) is 32.2 Å². The van der Waals surface area contributed by atoms with Crippen LogP contribution >= 0.6 is 27.3 Å². The SMILES string of the molecule is Cc1cc(C(=O)N(CCC#N)C2CC2)sc1Br. The van der Waals surface area contributed by atoms with E-state index in [0.717, 1.165) is 27.1 Å². The maximum Gasteiger partial charge on any atom is 0.264 e. The smallest absolute Gasteiger partial charge is 0.264 e. The minimum atomic E-state index is 0.0709. The summed E-state index contributed by atoms with van der Waals surface area (Å²) in [4.78, 5) is 14.9. The van der Waals surface area contributed by atoms with Gasteiger partial charge in [0.15, 0.2) is 0 Å². The number of thiophene rings is 1. The second-order valence-electron chi connectivity index (χ2n) is 4.21. The monoisotopic (exact) mass is 312 g/mol. The van der Waals surface area contributed by atoms with Crippen molar-refractivity contribution in [2.24, 2.45) is 0 Å². The minimum Gasteiger partial charge on any atom is -0.334 e. The summed E-state index contributed by atoms with van der Waals surface area (Å²) in [5.74, 6) is 0.0709. The molecule has 0 bridgehead atoms. The summed E-state index contributed by atoms with van der Waals surface area (Å²) in [5, 5.41) is 8.63. The molecule has 1 fully saturated rings. The molecule has 0 N–H and O–H groups in total. The maximum absolute atomic E-state index is 12.3. The summed E-state index contributed by atoms with van der Waals surface area (Å²) < 4.78 is 1.01. The van der Waals surface area contributed by atoms with Crippen LogP contribution in [0.3, 0.4) is 0 Å². The molecule has 1 heterocycles. The Kier molecular flexibility index (Phi) is 3.85. The number of halogens is 1. The van der Waals surface area contributed by atoms with Crippen molar-refractivity contribution in [3.8, 4) is 6.07 Å². The molecule has 0 atom stereocenters. The van der Waals surface area contributed by atoms with Crippen LogP contribution < -0.4 is 0 Å². The molecule has 0 unspecified atom stereocenters. The van der Waals surface area contributed by atoms with Crippen molar-refractivity contribution < 1.29 is 4.79 Å². The van der Waals surface area contributed by atoms with Crippen molar-refractivity contribution in [2.75, 3.05) is 6.54 Å². The van der Waals surface area contributed by atoms with E-state index in [0.29, 0.717) is 19.0 Å². The van der Waals surface area contributed by atoms with E-state index >= 15 is 0 Å². The van der Waals surface area contributed by atoms with Gasteiger partial charge in [-0.05, 0) is 47.3 Å². The summed E-state index contributed by atoms with van der Waals surface area (Å²) in [5.41, 5.74) is 1.09. The standard InChI is InChI=1S/C12H13BrN2OS/c1-8-7-10(17-11(8)13)12(16)15(6-2-5-14)9-3-4-9/h7,9H,2-4,6H2,1H3. The Bertz CT molecular complexity index is 454. The van der Waals surface area contributed by atoms with Gasteiger partial charge in [-0.15, -0.1) is 11.3 Å². The Hall–Kier alpha value is -0.860. The number of hydrogen-bond acceptors (Lipinski definition) is 3. The first-order chi connectivity index (χ1) is 8.13. The van der Waals surface area contributed by atoms with Crippen molar-refractivity contribution in [1.82, 2.24) is 4.90 Å². The van der Waals surface area contributed by atoms with Gasteiger partial charge in [-0.3, -0.25) is 4.79 Å². The maximum atomic E-state index is 12.3. The van der Waals surface area contributed by atoms with Gasteiger partial charge >= 0.3 is 0 Å². The number of amides is 1. The number of hydrogen-bond donors (Lipinski definition) is 0. The van der Waals surface area contributed by atoms with Gasteiger partial charge in [0.1, 0.15) is 0 Å². The van der Waals surface area contributed by atoms with Crippen LogP contribution in [-0.4, -0.2) is 23.4 Å². The molecule has 17 heavy (non-hydrogen) atoms. The fraction of sp³-hybridized carbons (Fsp3) is 0.500. The second kappa shape index (κ2) is 5.19. The summed E-state index contributed by atoms with van der Waals surface area (Å²) in [6.07, 6.45) is 2.55. The number of rotatable bonds is 4. The Morgan fingerprint density at radius 1 is 1.71 bits per heavy atom. The Morgan fingerprint density at radius 2 is 2.41 bits per heavy atom. The topological polar surface area (TPSA) is 44.1 Å². The lowest BCUT2D eigenvalue weighted by Gasteiger charge is -2.20. The van der Waals surface area contributed by atoms with E-state index in [9.17, 15) is 4.79 Å². The van der Waals surface area contributed by atoms with Crippen molar-refractivity contribution in [1.29, 1.82) is 5.26 Å². The molecule has 0 spiro atoms. The largest absolute Gasteiger partial charge is 0.334 e. The molecule has 1 amide bonds. The van der Waals surface area contributed by atoms with Gasteiger partial charge in [-0.2, -0.15) is 5.26 Å². The lowest BCUT2D eigenvalue weighted by molar-refractivity contribution is 0.0751. The van der Waals surface area contributed by atoms with Crippen LogP contribution in [-0.2, 0) is 0 Å². The van der Waals surface area contributed by atoms with E-state index in [-0.39, 0.29) is 5.91 Å². The van der Waals surface area contributed by atoms with E-state index < -0.39 is 0 Å². The molecule has 1 saturated carbocycles. The van der Waals surface area contributed by atoms with E-state index in [1.165, 1.54) is 11.3 Å². The summed E-state index contributed by atoms with van der Waals surface area (Å²) in [6.45, 7) is 2.53. The second-order valence-corrected chi connectivity index (χ2v) is 6.58. The molecular weight excluding hydrogens is 300 g/mol. The van der Waals surface area contributed by atoms with Crippen LogP contribution in [0.1, 0.15) is 34.5 Å². The first kappa shape index (κ1) is 12.6. The van der Waals surface area contributed by atoms with Crippen LogP contribution in [0.2, 0.25) is 0 Å². The molecule has 1 aliphatic rings.